The van der Waals surface area contributed by atoms with Gasteiger partial charge in [-0.1, -0.05) is 0 Å². The van der Waals surface area contributed by atoms with Crippen molar-refractivity contribution in [1.82, 2.24) is 30.6 Å². The molecule has 0 saturated heterocycles. The van der Waals surface area contributed by atoms with Gasteiger partial charge in [-0.3, -0.25) is 19.6 Å². The van der Waals surface area contributed by atoms with Gasteiger partial charge in [-0.2, -0.15) is 0 Å². The predicted molar refractivity (Wildman–Crippen MR) is 100 cm³/mol. The maximum atomic E-state index is 12.4. The van der Waals surface area contributed by atoms with Crippen molar-refractivity contribution in [3.63, 3.8) is 0 Å². The van der Waals surface area contributed by atoms with Crippen molar-refractivity contribution in [1.29, 1.82) is 0 Å². The number of nitrogens with zero attached hydrogens (tertiary/aromatic N) is 4. The molecule has 28 heavy (non-hydrogen) atoms. The molecule has 0 aliphatic heterocycles. The van der Waals surface area contributed by atoms with E-state index in [0.717, 1.165) is 11.1 Å². The first-order valence-corrected chi connectivity index (χ1v) is 7.89. The van der Waals surface area contributed by atoms with Crippen LogP contribution < -0.4 is 10.6 Å². The van der Waals surface area contributed by atoms with Crippen LogP contribution in [0.5, 0.6) is 0 Å². The molecule has 2 amide bonds. The van der Waals surface area contributed by atoms with Gasteiger partial charge in [0, 0.05) is 50.3 Å². The Balaban J connectivity index is 0.00000196. The number of carbonyl (C=O) groups excluding carboxylic acids is 2. The molecule has 6 N–H and O–H groups in total. The number of hydrogen-bond acceptors (Lipinski definition) is 6. The fourth-order valence-electron chi connectivity index (χ4n) is 2.20. The van der Waals surface area contributed by atoms with Gasteiger partial charge < -0.3 is 21.6 Å². The maximum absolute atomic E-state index is 12.4. The molecule has 0 unspecified atom stereocenters. The lowest BCUT2D eigenvalue weighted by atomic mass is 10.2. The Morgan fingerprint density at radius 2 is 1.00 bits per heavy atom. The maximum Gasteiger partial charge on any atom is 0.272 e. The van der Waals surface area contributed by atoms with E-state index in [-0.39, 0.29) is 22.3 Å². The van der Waals surface area contributed by atoms with E-state index in [4.69, 9.17) is 0 Å². The Labute approximate surface area is 160 Å². The van der Waals surface area contributed by atoms with E-state index < -0.39 is 11.8 Å². The van der Waals surface area contributed by atoms with Crippen LogP contribution in [0, 0.1) is 0 Å². The lowest BCUT2D eigenvalue weighted by molar-refractivity contribution is 0.0908. The first-order valence-electron chi connectivity index (χ1n) is 7.89. The average Bonchev–Trinajstić information content (AvgIpc) is 2.72. The van der Waals surface area contributed by atoms with E-state index in [0.29, 0.717) is 13.1 Å². The zero-order valence-electron chi connectivity index (χ0n) is 14.8. The second-order valence-electron chi connectivity index (χ2n) is 5.33. The minimum Gasteiger partial charge on any atom is -0.412 e. The van der Waals surface area contributed by atoms with E-state index in [1.165, 1.54) is 12.4 Å². The topological polar surface area (TPSA) is 173 Å². The molecule has 146 valence electrons. The highest BCUT2D eigenvalue weighted by Gasteiger charge is 2.19. The van der Waals surface area contributed by atoms with Gasteiger partial charge in [0.2, 0.25) is 0 Å². The highest BCUT2D eigenvalue weighted by molar-refractivity contribution is 6.04. The molecule has 0 spiro atoms. The minimum atomic E-state index is -0.469. The zero-order valence-corrected chi connectivity index (χ0v) is 14.8. The van der Waals surface area contributed by atoms with Crippen molar-refractivity contribution in [3.8, 4) is 0 Å². The highest BCUT2D eigenvalue weighted by atomic mass is 16.2. The number of carbonyl (C=O) groups is 2. The van der Waals surface area contributed by atoms with Gasteiger partial charge in [0.25, 0.3) is 11.8 Å². The minimum absolute atomic E-state index is 0. The fourth-order valence-corrected chi connectivity index (χ4v) is 2.20. The summed E-state index contributed by atoms with van der Waals surface area (Å²) < 4.78 is 0. The molecular weight excluding hydrogens is 364 g/mol. The number of amides is 2. The van der Waals surface area contributed by atoms with Gasteiger partial charge in [0.05, 0.1) is 0 Å². The molecule has 3 heterocycles. The molecule has 0 bridgehead atoms. The summed E-state index contributed by atoms with van der Waals surface area (Å²) in [7, 11) is 0. The van der Waals surface area contributed by atoms with Gasteiger partial charge in [-0.15, -0.1) is 0 Å². The van der Waals surface area contributed by atoms with Crippen LogP contribution in [0.15, 0.2) is 61.4 Å². The molecular formula is C18H20N6O4. The smallest absolute Gasteiger partial charge is 0.272 e. The molecule has 0 atom stereocenters. The van der Waals surface area contributed by atoms with Crippen molar-refractivity contribution in [3.05, 3.63) is 84.0 Å². The summed E-state index contributed by atoms with van der Waals surface area (Å²) in [6.45, 7) is 0.603. The first-order chi connectivity index (χ1) is 12.7. The standard InChI is InChI=1S/C18H16N6O2.2H2O/c25-17(23-11-13-1-5-19-6-2-13)15-16(22-10-9-21-15)18(26)24-12-14-3-7-20-8-4-14;;/h1-10H,11-12H2,(H,23,25)(H,24,26);2*1H2. The number of nitrogens with one attached hydrogen (secondary N) is 2. The number of hydrogen-bond donors (Lipinski definition) is 2. The Kier molecular flexibility index (Phi) is 8.80. The van der Waals surface area contributed by atoms with Crippen LogP contribution in [0.3, 0.4) is 0 Å². The predicted octanol–water partition coefficient (Wildman–Crippen LogP) is -0.523. The molecule has 10 nitrogen and oxygen atoms in total. The van der Waals surface area contributed by atoms with E-state index in [9.17, 15) is 9.59 Å². The first kappa shape index (κ1) is 22.3. The molecule has 0 radical (unpaired) electrons. The van der Waals surface area contributed by atoms with Gasteiger partial charge in [0.1, 0.15) is 0 Å². The summed E-state index contributed by atoms with van der Waals surface area (Å²) in [6.07, 6.45) is 9.31. The van der Waals surface area contributed by atoms with Crippen LogP contribution >= 0.6 is 0 Å². The third kappa shape index (κ3) is 5.90. The fraction of sp³-hybridized carbons (Fsp3) is 0.111. The molecule has 3 rings (SSSR count). The second-order valence-corrected chi connectivity index (χ2v) is 5.33. The van der Waals surface area contributed by atoms with Crippen LogP contribution in [0.2, 0.25) is 0 Å². The summed E-state index contributed by atoms with van der Waals surface area (Å²) in [5.41, 5.74) is 1.74. The third-order valence-electron chi connectivity index (χ3n) is 3.53. The molecule has 3 aromatic heterocycles. The molecule has 10 heteroatoms. The highest BCUT2D eigenvalue weighted by Crippen LogP contribution is 2.04. The summed E-state index contributed by atoms with van der Waals surface area (Å²) >= 11 is 0. The molecule has 3 aromatic rings. The van der Waals surface area contributed by atoms with Crippen LogP contribution in [0.4, 0.5) is 0 Å². The summed E-state index contributed by atoms with van der Waals surface area (Å²) in [6, 6.07) is 7.16. The molecule has 0 aromatic carbocycles. The van der Waals surface area contributed by atoms with Crippen LogP contribution in [-0.2, 0) is 13.1 Å². The van der Waals surface area contributed by atoms with E-state index >= 15 is 0 Å². The van der Waals surface area contributed by atoms with Crippen LogP contribution in [-0.4, -0.2) is 42.7 Å². The van der Waals surface area contributed by atoms with Crippen molar-refractivity contribution in [2.75, 3.05) is 0 Å². The van der Waals surface area contributed by atoms with Gasteiger partial charge >= 0.3 is 0 Å². The normalized spacial score (nSPS) is 9.43. The Morgan fingerprint density at radius 1 is 0.643 bits per heavy atom. The van der Waals surface area contributed by atoms with E-state index in [2.05, 4.69) is 30.6 Å². The van der Waals surface area contributed by atoms with Crippen molar-refractivity contribution < 1.29 is 20.5 Å². The molecule has 0 fully saturated rings. The lowest BCUT2D eigenvalue weighted by Gasteiger charge is -2.09. The third-order valence-corrected chi connectivity index (χ3v) is 3.53. The lowest BCUT2D eigenvalue weighted by Crippen LogP contribution is -2.31. The Morgan fingerprint density at radius 3 is 1.36 bits per heavy atom. The van der Waals surface area contributed by atoms with Crippen molar-refractivity contribution in [2.45, 2.75) is 13.1 Å². The monoisotopic (exact) mass is 384 g/mol. The van der Waals surface area contributed by atoms with E-state index in [1.807, 2.05) is 0 Å². The molecule has 0 saturated carbocycles. The average molecular weight is 384 g/mol. The quantitative estimate of drug-likeness (QED) is 0.578. The number of rotatable bonds is 6. The largest absolute Gasteiger partial charge is 0.412 e. The second kappa shape index (κ2) is 11.1. The van der Waals surface area contributed by atoms with Gasteiger partial charge in [-0.25, -0.2) is 9.97 Å². The summed E-state index contributed by atoms with van der Waals surface area (Å²) in [5.74, 6) is -0.937. The molecule has 0 aliphatic rings. The number of aromatic nitrogens is 4. The van der Waals surface area contributed by atoms with Crippen LogP contribution in [0.1, 0.15) is 32.1 Å². The Hall–Kier alpha value is -3.76. The van der Waals surface area contributed by atoms with Crippen LogP contribution in [0.25, 0.3) is 0 Å². The number of pyridine rings is 2. The van der Waals surface area contributed by atoms with Crippen molar-refractivity contribution >= 4 is 11.8 Å². The Bertz CT molecular complexity index is 818. The van der Waals surface area contributed by atoms with Gasteiger partial charge in [0.15, 0.2) is 11.4 Å². The van der Waals surface area contributed by atoms with Crippen molar-refractivity contribution in [2.24, 2.45) is 0 Å². The zero-order chi connectivity index (χ0) is 18.2. The van der Waals surface area contributed by atoms with Gasteiger partial charge in [-0.05, 0) is 35.4 Å². The summed E-state index contributed by atoms with van der Waals surface area (Å²) in [4.78, 5) is 40.7. The van der Waals surface area contributed by atoms with E-state index in [1.54, 1.807) is 49.1 Å². The SMILES string of the molecule is O.O.O=C(NCc1ccncc1)c1nccnc1C(=O)NCc1ccncc1. The molecule has 0 aliphatic carbocycles. The summed E-state index contributed by atoms with van der Waals surface area (Å²) in [5, 5.41) is 5.45.